The third-order valence-corrected chi connectivity index (χ3v) is 3.10. The van der Waals surface area contributed by atoms with Gasteiger partial charge in [0, 0.05) is 18.2 Å². The Bertz CT molecular complexity index is 292. The lowest BCUT2D eigenvalue weighted by Gasteiger charge is -2.14. The van der Waals surface area contributed by atoms with Crippen LogP contribution in [0, 0.1) is 12.8 Å². The number of aromatic nitrogens is 2. The van der Waals surface area contributed by atoms with Gasteiger partial charge in [0.15, 0.2) is 0 Å². The Morgan fingerprint density at radius 3 is 3.00 bits per heavy atom. The van der Waals surface area contributed by atoms with Crippen LogP contribution in [-0.4, -0.2) is 23.3 Å². The van der Waals surface area contributed by atoms with E-state index >= 15 is 0 Å². The molecule has 2 N–H and O–H groups in total. The van der Waals surface area contributed by atoms with Gasteiger partial charge >= 0.3 is 0 Å². The number of hydrogen-bond acceptors (Lipinski definition) is 2. The van der Waals surface area contributed by atoms with Crippen molar-refractivity contribution in [1.29, 1.82) is 0 Å². The van der Waals surface area contributed by atoms with Crippen molar-refractivity contribution in [2.45, 2.75) is 32.6 Å². The Balaban J connectivity index is 2.09. The standard InChI is InChI=1S/C11H19N3/c1-3-4-9-6-12-7-10(9)11-5-8(2)13-14-11/h5,9-10,12H,3-4,6-7H2,1-2H3,(H,13,14)/t9-,10+/m0/s1. The van der Waals surface area contributed by atoms with E-state index in [9.17, 15) is 0 Å². The van der Waals surface area contributed by atoms with Gasteiger partial charge in [-0.15, -0.1) is 0 Å². The molecular formula is C11H19N3. The lowest BCUT2D eigenvalue weighted by Crippen LogP contribution is -2.10. The third-order valence-electron chi connectivity index (χ3n) is 3.10. The molecule has 0 radical (unpaired) electrons. The molecule has 1 aliphatic heterocycles. The molecule has 0 aromatic carbocycles. The van der Waals surface area contributed by atoms with Gasteiger partial charge in [-0.05, 0) is 31.9 Å². The molecule has 2 rings (SSSR count). The van der Waals surface area contributed by atoms with Crippen molar-refractivity contribution in [1.82, 2.24) is 15.5 Å². The third kappa shape index (κ3) is 1.82. The predicted octanol–water partition coefficient (Wildman–Crippen LogP) is 1.82. The van der Waals surface area contributed by atoms with Crippen LogP contribution in [-0.2, 0) is 0 Å². The molecule has 0 aliphatic carbocycles. The van der Waals surface area contributed by atoms with Crippen LogP contribution in [0.4, 0.5) is 0 Å². The number of nitrogens with one attached hydrogen (secondary N) is 2. The highest BCUT2D eigenvalue weighted by Gasteiger charge is 2.29. The van der Waals surface area contributed by atoms with E-state index in [0.717, 1.165) is 19.0 Å². The maximum Gasteiger partial charge on any atom is 0.0671 e. The Hall–Kier alpha value is -0.830. The zero-order chi connectivity index (χ0) is 9.97. The summed E-state index contributed by atoms with van der Waals surface area (Å²) in [4.78, 5) is 0. The Kier molecular flexibility index (Phi) is 2.87. The zero-order valence-electron chi connectivity index (χ0n) is 9.01. The Labute approximate surface area is 85.3 Å². The van der Waals surface area contributed by atoms with Gasteiger partial charge in [-0.25, -0.2) is 0 Å². The van der Waals surface area contributed by atoms with Gasteiger partial charge in [0.25, 0.3) is 0 Å². The highest BCUT2D eigenvalue weighted by atomic mass is 15.1. The smallest absolute Gasteiger partial charge is 0.0671 e. The summed E-state index contributed by atoms with van der Waals surface area (Å²) in [5, 5.41) is 10.9. The first-order valence-electron chi connectivity index (χ1n) is 5.54. The predicted molar refractivity (Wildman–Crippen MR) is 57.3 cm³/mol. The summed E-state index contributed by atoms with van der Waals surface area (Å²) in [6, 6.07) is 2.18. The number of rotatable bonds is 3. The molecule has 0 bridgehead atoms. The van der Waals surface area contributed by atoms with E-state index in [1.807, 2.05) is 0 Å². The summed E-state index contributed by atoms with van der Waals surface area (Å²) >= 11 is 0. The number of aromatic amines is 1. The average molecular weight is 193 g/mol. The molecule has 0 unspecified atom stereocenters. The minimum atomic E-state index is 0.625. The SMILES string of the molecule is CCC[C@H]1CNC[C@H]1c1cc(C)[nH]n1. The van der Waals surface area contributed by atoms with Gasteiger partial charge in [0.1, 0.15) is 0 Å². The molecule has 3 heteroatoms. The topological polar surface area (TPSA) is 40.7 Å². The number of aryl methyl sites for hydroxylation is 1. The summed E-state index contributed by atoms with van der Waals surface area (Å²) in [5.41, 5.74) is 2.41. The molecule has 14 heavy (non-hydrogen) atoms. The molecule has 1 saturated heterocycles. The van der Waals surface area contributed by atoms with E-state index in [1.165, 1.54) is 24.2 Å². The van der Waals surface area contributed by atoms with Gasteiger partial charge in [-0.3, -0.25) is 5.10 Å². The van der Waals surface area contributed by atoms with Crippen LogP contribution in [0.3, 0.4) is 0 Å². The van der Waals surface area contributed by atoms with Crippen LogP contribution in [0.25, 0.3) is 0 Å². The normalized spacial score (nSPS) is 27.0. The van der Waals surface area contributed by atoms with Crippen LogP contribution in [0.15, 0.2) is 6.07 Å². The van der Waals surface area contributed by atoms with E-state index in [-0.39, 0.29) is 0 Å². The second-order valence-electron chi connectivity index (χ2n) is 4.29. The van der Waals surface area contributed by atoms with Crippen molar-refractivity contribution >= 4 is 0 Å². The molecule has 78 valence electrons. The highest BCUT2D eigenvalue weighted by Crippen LogP contribution is 2.30. The number of nitrogens with zero attached hydrogens (tertiary/aromatic N) is 1. The van der Waals surface area contributed by atoms with Crippen molar-refractivity contribution in [2.24, 2.45) is 5.92 Å². The van der Waals surface area contributed by atoms with E-state index in [4.69, 9.17) is 0 Å². The first kappa shape index (κ1) is 9.71. The molecule has 1 fully saturated rings. The van der Waals surface area contributed by atoms with Gasteiger partial charge in [0.2, 0.25) is 0 Å². The van der Waals surface area contributed by atoms with Crippen molar-refractivity contribution in [2.75, 3.05) is 13.1 Å². The molecule has 2 atom stereocenters. The zero-order valence-corrected chi connectivity index (χ0v) is 9.01. The van der Waals surface area contributed by atoms with Crippen LogP contribution in [0.1, 0.15) is 37.1 Å². The molecule has 1 aliphatic rings. The summed E-state index contributed by atoms with van der Waals surface area (Å²) in [6.45, 7) is 6.57. The van der Waals surface area contributed by atoms with Gasteiger partial charge in [-0.2, -0.15) is 5.10 Å². The fraction of sp³-hybridized carbons (Fsp3) is 0.727. The molecule has 2 heterocycles. The molecule has 0 spiro atoms. The Morgan fingerprint density at radius 1 is 1.50 bits per heavy atom. The quantitative estimate of drug-likeness (QED) is 0.768. The number of H-pyrrole nitrogens is 1. The second kappa shape index (κ2) is 4.13. The first-order chi connectivity index (χ1) is 6.81. The molecule has 3 nitrogen and oxygen atoms in total. The van der Waals surface area contributed by atoms with Crippen molar-refractivity contribution in [3.63, 3.8) is 0 Å². The summed E-state index contributed by atoms with van der Waals surface area (Å²) in [5.74, 6) is 1.41. The van der Waals surface area contributed by atoms with Crippen molar-refractivity contribution < 1.29 is 0 Å². The van der Waals surface area contributed by atoms with Gasteiger partial charge in [0.05, 0.1) is 5.69 Å². The Morgan fingerprint density at radius 2 is 2.36 bits per heavy atom. The maximum absolute atomic E-state index is 4.37. The van der Waals surface area contributed by atoms with Gasteiger partial charge in [-0.1, -0.05) is 13.3 Å². The van der Waals surface area contributed by atoms with E-state index < -0.39 is 0 Å². The van der Waals surface area contributed by atoms with Crippen LogP contribution in [0.2, 0.25) is 0 Å². The molecule has 0 saturated carbocycles. The van der Waals surface area contributed by atoms with E-state index in [1.54, 1.807) is 0 Å². The number of hydrogen-bond donors (Lipinski definition) is 2. The largest absolute Gasteiger partial charge is 0.316 e. The van der Waals surface area contributed by atoms with E-state index in [0.29, 0.717) is 5.92 Å². The van der Waals surface area contributed by atoms with Crippen LogP contribution < -0.4 is 5.32 Å². The monoisotopic (exact) mass is 193 g/mol. The lowest BCUT2D eigenvalue weighted by molar-refractivity contribution is 0.466. The molecule has 0 amide bonds. The fourth-order valence-corrected chi connectivity index (χ4v) is 2.38. The summed E-state index contributed by atoms with van der Waals surface area (Å²) < 4.78 is 0. The molecular weight excluding hydrogens is 174 g/mol. The van der Waals surface area contributed by atoms with Crippen molar-refractivity contribution in [3.8, 4) is 0 Å². The lowest BCUT2D eigenvalue weighted by atomic mass is 9.89. The minimum Gasteiger partial charge on any atom is -0.316 e. The highest BCUT2D eigenvalue weighted by molar-refractivity contribution is 5.15. The maximum atomic E-state index is 4.37. The minimum absolute atomic E-state index is 0.625. The average Bonchev–Trinajstić information content (AvgIpc) is 2.74. The first-order valence-corrected chi connectivity index (χ1v) is 5.54. The fourth-order valence-electron chi connectivity index (χ4n) is 2.38. The van der Waals surface area contributed by atoms with Crippen LogP contribution >= 0.6 is 0 Å². The second-order valence-corrected chi connectivity index (χ2v) is 4.29. The van der Waals surface area contributed by atoms with Crippen LogP contribution in [0.5, 0.6) is 0 Å². The summed E-state index contributed by atoms with van der Waals surface area (Å²) in [6.07, 6.45) is 2.58. The molecule has 1 aromatic rings. The summed E-state index contributed by atoms with van der Waals surface area (Å²) in [7, 11) is 0. The van der Waals surface area contributed by atoms with Crippen molar-refractivity contribution in [3.05, 3.63) is 17.5 Å². The van der Waals surface area contributed by atoms with Gasteiger partial charge < -0.3 is 5.32 Å². The van der Waals surface area contributed by atoms with E-state index in [2.05, 4.69) is 35.4 Å². The molecule has 1 aromatic heterocycles.